The fourth-order valence-electron chi connectivity index (χ4n) is 1.14. The van der Waals surface area contributed by atoms with Gasteiger partial charge in [-0.15, -0.1) is 0 Å². The zero-order chi connectivity index (χ0) is 9.35. The Bertz CT molecular complexity index is 278. The second kappa shape index (κ2) is 2.88. The van der Waals surface area contributed by atoms with Crippen LogP contribution in [0, 0.1) is 6.92 Å². The van der Waals surface area contributed by atoms with Crippen LogP contribution in [0.1, 0.15) is 18.2 Å². The van der Waals surface area contributed by atoms with Crippen molar-refractivity contribution < 1.29 is 5.11 Å². The monoisotopic (exact) mass is 169 g/mol. The maximum absolute atomic E-state index is 9.02. The summed E-state index contributed by atoms with van der Waals surface area (Å²) < 4.78 is 1.75. The summed E-state index contributed by atoms with van der Waals surface area (Å²) in [7, 11) is 1.85. The van der Waals surface area contributed by atoms with Crippen molar-refractivity contribution in [2.45, 2.75) is 19.4 Å². The third kappa shape index (κ3) is 1.35. The van der Waals surface area contributed by atoms with Crippen LogP contribution >= 0.6 is 0 Å². The van der Waals surface area contributed by atoms with Gasteiger partial charge in [-0.3, -0.25) is 4.68 Å². The van der Waals surface area contributed by atoms with Crippen LogP contribution in [0.25, 0.3) is 0 Å². The highest BCUT2D eigenvalue weighted by Gasteiger charge is 2.24. The normalized spacial score (nSPS) is 16.1. The second-order valence-corrected chi connectivity index (χ2v) is 3.34. The first-order valence-corrected chi connectivity index (χ1v) is 3.88. The lowest BCUT2D eigenvalue weighted by Gasteiger charge is -2.21. The summed E-state index contributed by atoms with van der Waals surface area (Å²) >= 11 is 0. The molecule has 1 atom stereocenters. The minimum atomic E-state index is -0.682. The Morgan fingerprint density at radius 2 is 2.33 bits per heavy atom. The SMILES string of the molecule is Cc1c(C(C)(N)CO)cnn1C. The number of aliphatic hydroxyl groups is 1. The minimum absolute atomic E-state index is 0.0699. The molecule has 0 aliphatic carbocycles. The fraction of sp³-hybridized carbons (Fsp3) is 0.625. The Hall–Kier alpha value is -0.870. The van der Waals surface area contributed by atoms with Crippen molar-refractivity contribution in [1.29, 1.82) is 0 Å². The molecule has 3 N–H and O–H groups in total. The van der Waals surface area contributed by atoms with E-state index >= 15 is 0 Å². The van der Waals surface area contributed by atoms with Gasteiger partial charge in [-0.1, -0.05) is 0 Å². The smallest absolute Gasteiger partial charge is 0.0651 e. The number of hydrogen-bond donors (Lipinski definition) is 2. The Morgan fingerprint density at radius 3 is 2.67 bits per heavy atom. The molecule has 0 saturated heterocycles. The zero-order valence-corrected chi connectivity index (χ0v) is 7.70. The third-order valence-electron chi connectivity index (χ3n) is 2.18. The third-order valence-corrected chi connectivity index (χ3v) is 2.18. The molecule has 4 heteroatoms. The molecule has 1 unspecified atom stereocenters. The van der Waals surface area contributed by atoms with Crippen LogP contribution in [0.2, 0.25) is 0 Å². The van der Waals surface area contributed by atoms with Crippen LogP contribution in [-0.2, 0) is 12.6 Å². The van der Waals surface area contributed by atoms with Crippen LogP contribution in [0.5, 0.6) is 0 Å². The lowest BCUT2D eigenvalue weighted by Crippen LogP contribution is -2.37. The quantitative estimate of drug-likeness (QED) is 0.649. The van der Waals surface area contributed by atoms with Crippen molar-refractivity contribution in [3.05, 3.63) is 17.5 Å². The number of nitrogens with two attached hydrogens (primary N) is 1. The van der Waals surface area contributed by atoms with E-state index in [1.165, 1.54) is 0 Å². The Kier molecular flexibility index (Phi) is 2.21. The molecule has 1 rings (SSSR count). The average Bonchev–Trinajstić information content (AvgIpc) is 2.33. The van der Waals surface area contributed by atoms with Gasteiger partial charge in [0.15, 0.2) is 0 Å². The van der Waals surface area contributed by atoms with E-state index in [2.05, 4.69) is 5.10 Å². The average molecular weight is 169 g/mol. The number of aromatic nitrogens is 2. The van der Waals surface area contributed by atoms with Gasteiger partial charge in [0.25, 0.3) is 0 Å². The maximum Gasteiger partial charge on any atom is 0.0651 e. The molecular formula is C8H15N3O. The lowest BCUT2D eigenvalue weighted by atomic mass is 9.95. The van der Waals surface area contributed by atoms with Gasteiger partial charge < -0.3 is 10.8 Å². The van der Waals surface area contributed by atoms with E-state index < -0.39 is 5.54 Å². The molecule has 0 saturated carbocycles. The molecule has 0 aliphatic rings. The van der Waals surface area contributed by atoms with Crippen molar-refractivity contribution in [3.8, 4) is 0 Å². The van der Waals surface area contributed by atoms with Gasteiger partial charge in [-0.25, -0.2) is 0 Å². The van der Waals surface area contributed by atoms with Crippen LogP contribution in [0.4, 0.5) is 0 Å². The van der Waals surface area contributed by atoms with Gasteiger partial charge in [0.2, 0.25) is 0 Å². The second-order valence-electron chi connectivity index (χ2n) is 3.34. The molecule has 1 aromatic rings. The molecule has 1 heterocycles. The van der Waals surface area contributed by atoms with Gasteiger partial charge in [-0.05, 0) is 13.8 Å². The minimum Gasteiger partial charge on any atom is -0.394 e. The fourth-order valence-corrected chi connectivity index (χ4v) is 1.14. The van der Waals surface area contributed by atoms with E-state index in [1.54, 1.807) is 17.8 Å². The summed E-state index contributed by atoms with van der Waals surface area (Å²) in [4.78, 5) is 0. The number of aliphatic hydroxyl groups excluding tert-OH is 1. The molecule has 0 amide bonds. The van der Waals surface area contributed by atoms with Crippen molar-refractivity contribution in [2.24, 2.45) is 12.8 Å². The zero-order valence-electron chi connectivity index (χ0n) is 7.70. The predicted octanol–water partition coefficient (Wildman–Crippen LogP) is -0.105. The molecule has 12 heavy (non-hydrogen) atoms. The summed E-state index contributed by atoms with van der Waals surface area (Å²) in [6.07, 6.45) is 1.70. The first-order chi connectivity index (χ1) is 5.49. The van der Waals surface area contributed by atoms with Gasteiger partial charge in [0.05, 0.1) is 18.3 Å². The summed E-state index contributed by atoms with van der Waals surface area (Å²) in [6, 6.07) is 0. The molecule has 0 aromatic carbocycles. The number of rotatable bonds is 2. The van der Waals surface area contributed by atoms with E-state index in [4.69, 9.17) is 10.8 Å². The predicted molar refractivity (Wildman–Crippen MR) is 46.6 cm³/mol. The molecule has 0 radical (unpaired) electrons. The molecule has 68 valence electrons. The van der Waals surface area contributed by atoms with Gasteiger partial charge in [-0.2, -0.15) is 5.10 Å². The molecule has 0 spiro atoms. The van der Waals surface area contributed by atoms with Crippen molar-refractivity contribution in [1.82, 2.24) is 9.78 Å². The highest BCUT2D eigenvalue weighted by molar-refractivity contribution is 5.24. The van der Waals surface area contributed by atoms with Gasteiger partial charge in [0, 0.05) is 18.3 Å². The Labute approximate surface area is 72.0 Å². The number of nitrogens with zero attached hydrogens (tertiary/aromatic N) is 2. The summed E-state index contributed by atoms with van der Waals surface area (Å²) in [5, 5.41) is 13.1. The Morgan fingerprint density at radius 1 is 1.75 bits per heavy atom. The van der Waals surface area contributed by atoms with E-state index in [9.17, 15) is 0 Å². The summed E-state index contributed by atoms with van der Waals surface area (Å²) in [5.41, 5.74) is 7.06. The molecule has 4 nitrogen and oxygen atoms in total. The van der Waals surface area contributed by atoms with Crippen molar-refractivity contribution >= 4 is 0 Å². The first kappa shape index (κ1) is 9.22. The summed E-state index contributed by atoms with van der Waals surface area (Å²) in [5.74, 6) is 0. The van der Waals surface area contributed by atoms with Crippen molar-refractivity contribution in [3.63, 3.8) is 0 Å². The van der Waals surface area contributed by atoms with Crippen LogP contribution in [0.3, 0.4) is 0 Å². The first-order valence-electron chi connectivity index (χ1n) is 3.88. The van der Waals surface area contributed by atoms with E-state index in [0.717, 1.165) is 11.3 Å². The Balaban J connectivity index is 3.11. The largest absolute Gasteiger partial charge is 0.394 e. The molecular weight excluding hydrogens is 154 g/mol. The topological polar surface area (TPSA) is 64.1 Å². The maximum atomic E-state index is 9.02. The number of hydrogen-bond acceptors (Lipinski definition) is 3. The van der Waals surface area contributed by atoms with Crippen LogP contribution in [0.15, 0.2) is 6.20 Å². The molecule has 0 bridgehead atoms. The lowest BCUT2D eigenvalue weighted by molar-refractivity contribution is 0.209. The van der Waals surface area contributed by atoms with E-state index in [0.29, 0.717) is 0 Å². The highest BCUT2D eigenvalue weighted by atomic mass is 16.3. The van der Waals surface area contributed by atoms with E-state index in [1.807, 2.05) is 14.0 Å². The number of aryl methyl sites for hydroxylation is 1. The van der Waals surface area contributed by atoms with Crippen LogP contribution in [-0.4, -0.2) is 21.5 Å². The molecule has 0 aliphatic heterocycles. The standard InChI is InChI=1S/C8H15N3O/c1-6-7(4-10-11(6)3)8(2,9)5-12/h4,12H,5,9H2,1-3H3. The molecule has 0 fully saturated rings. The van der Waals surface area contributed by atoms with E-state index in [-0.39, 0.29) is 6.61 Å². The van der Waals surface area contributed by atoms with Gasteiger partial charge in [0.1, 0.15) is 0 Å². The summed E-state index contributed by atoms with van der Waals surface area (Å²) in [6.45, 7) is 3.65. The molecule has 1 aromatic heterocycles. The van der Waals surface area contributed by atoms with Gasteiger partial charge >= 0.3 is 0 Å². The van der Waals surface area contributed by atoms with Crippen LogP contribution < -0.4 is 5.73 Å². The van der Waals surface area contributed by atoms with Crippen molar-refractivity contribution in [2.75, 3.05) is 6.61 Å². The highest BCUT2D eigenvalue weighted by Crippen LogP contribution is 2.19.